The molecule has 0 radical (unpaired) electrons. The van der Waals surface area contributed by atoms with E-state index < -0.39 is 0 Å². The van der Waals surface area contributed by atoms with E-state index in [1.54, 1.807) is 12.4 Å². The lowest BCUT2D eigenvalue weighted by Gasteiger charge is -2.34. The van der Waals surface area contributed by atoms with Gasteiger partial charge in [-0.1, -0.05) is 23.7 Å². The summed E-state index contributed by atoms with van der Waals surface area (Å²) in [5.74, 6) is 1.56. The van der Waals surface area contributed by atoms with Crippen LogP contribution in [0.25, 0.3) is 0 Å². The summed E-state index contributed by atoms with van der Waals surface area (Å²) in [6.45, 7) is 3.97. The SMILES string of the molecule is CC(O)C1CCCN(c2cncc(OCc3cccc(Cl)c3)n2)C1. The number of halogens is 1. The van der Waals surface area contributed by atoms with Gasteiger partial charge in [-0.3, -0.25) is 4.98 Å². The monoisotopic (exact) mass is 347 g/mol. The van der Waals surface area contributed by atoms with Gasteiger partial charge in [0.2, 0.25) is 5.88 Å². The molecule has 1 N–H and O–H groups in total. The minimum atomic E-state index is -0.303. The van der Waals surface area contributed by atoms with Crippen molar-refractivity contribution in [3.8, 4) is 5.88 Å². The molecular weight excluding hydrogens is 326 g/mol. The molecular formula is C18H22ClN3O2. The van der Waals surface area contributed by atoms with Gasteiger partial charge in [0.05, 0.1) is 18.5 Å². The number of piperidine rings is 1. The molecule has 2 atom stereocenters. The number of aliphatic hydroxyl groups excluding tert-OH is 1. The lowest BCUT2D eigenvalue weighted by molar-refractivity contribution is 0.115. The second kappa shape index (κ2) is 7.81. The minimum absolute atomic E-state index is 0.275. The van der Waals surface area contributed by atoms with Gasteiger partial charge in [0, 0.05) is 24.0 Å². The maximum absolute atomic E-state index is 9.83. The number of ether oxygens (including phenoxy) is 1. The highest BCUT2D eigenvalue weighted by Gasteiger charge is 2.24. The summed E-state index contributed by atoms with van der Waals surface area (Å²) in [7, 11) is 0. The number of rotatable bonds is 5. The Hall–Kier alpha value is -1.85. The van der Waals surface area contributed by atoms with Crippen LogP contribution in [0.3, 0.4) is 0 Å². The normalized spacial score (nSPS) is 19.1. The van der Waals surface area contributed by atoms with Crippen molar-refractivity contribution in [3.63, 3.8) is 0 Å². The van der Waals surface area contributed by atoms with Crippen molar-refractivity contribution in [2.45, 2.75) is 32.5 Å². The van der Waals surface area contributed by atoms with E-state index in [-0.39, 0.29) is 12.0 Å². The van der Waals surface area contributed by atoms with Crippen molar-refractivity contribution < 1.29 is 9.84 Å². The molecule has 5 nitrogen and oxygen atoms in total. The highest BCUT2D eigenvalue weighted by atomic mass is 35.5. The molecule has 6 heteroatoms. The van der Waals surface area contributed by atoms with Crippen LogP contribution in [0.1, 0.15) is 25.3 Å². The first kappa shape index (κ1) is 17.0. The Labute approximate surface area is 147 Å². The first-order valence-electron chi connectivity index (χ1n) is 8.24. The van der Waals surface area contributed by atoms with Crippen LogP contribution in [-0.2, 0) is 6.61 Å². The Balaban J connectivity index is 1.65. The van der Waals surface area contributed by atoms with E-state index in [1.165, 1.54) is 0 Å². The Morgan fingerprint density at radius 1 is 1.42 bits per heavy atom. The standard InChI is InChI=1S/C18H22ClN3O2/c1-13(23)15-5-3-7-22(11-15)17-9-20-10-18(21-17)24-12-14-4-2-6-16(19)8-14/h2,4,6,8-10,13,15,23H,3,5,7,11-12H2,1H3. The van der Waals surface area contributed by atoms with Crippen LogP contribution in [0.2, 0.25) is 5.02 Å². The van der Waals surface area contributed by atoms with E-state index in [0.29, 0.717) is 17.5 Å². The average molecular weight is 348 g/mol. The molecule has 3 rings (SSSR count). The van der Waals surface area contributed by atoms with Crippen LogP contribution in [0.4, 0.5) is 5.82 Å². The highest BCUT2D eigenvalue weighted by Crippen LogP contribution is 2.24. The smallest absolute Gasteiger partial charge is 0.234 e. The second-order valence-corrected chi connectivity index (χ2v) is 6.66. The third kappa shape index (κ3) is 4.36. The number of anilines is 1. The fraction of sp³-hybridized carbons (Fsp3) is 0.444. The Bertz CT molecular complexity index is 681. The summed E-state index contributed by atoms with van der Waals surface area (Å²) in [5.41, 5.74) is 0.988. The molecule has 2 aromatic rings. The first-order valence-corrected chi connectivity index (χ1v) is 8.62. The van der Waals surface area contributed by atoms with Crippen molar-refractivity contribution in [1.82, 2.24) is 9.97 Å². The first-order chi connectivity index (χ1) is 11.6. The van der Waals surface area contributed by atoms with Crippen LogP contribution < -0.4 is 9.64 Å². The summed E-state index contributed by atoms with van der Waals surface area (Å²) in [6.07, 6.45) is 5.15. The van der Waals surface area contributed by atoms with Gasteiger partial charge >= 0.3 is 0 Å². The molecule has 1 aliphatic rings. The Kier molecular flexibility index (Phi) is 5.53. The van der Waals surface area contributed by atoms with Crippen LogP contribution in [0.15, 0.2) is 36.7 Å². The van der Waals surface area contributed by atoms with E-state index in [1.807, 2.05) is 31.2 Å². The topological polar surface area (TPSA) is 58.5 Å². The zero-order chi connectivity index (χ0) is 16.9. The van der Waals surface area contributed by atoms with E-state index >= 15 is 0 Å². The largest absolute Gasteiger partial charge is 0.472 e. The zero-order valence-corrected chi connectivity index (χ0v) is 14.5. The van der Waals surface area contributed by atoms with Gasteiger partial charge in [0.25, 0.3) is 0 Å². The van der Waals surface area contributed by atoms with Gasteiger partial charge in [0.1, 0.15) is 6.61 Å². The van der Waals surface area contributed by atoms with Crippen LogP contribution in [-0.4, -0.2) is 34.3 Å². The summed E-state index contributed by atoms with van der Waals surface area (Å²) in [4.78, 5) is 11.0. The average Bonchev–Trinajstić information content (AvgIpc) is 2.60. The van der Waals surface area contributed by atoms with E-state index in [2.05, 4.69) is 14.9 Å². The van der Waals surface area contributed by atoms with Gasteiger partial charge < -0.3 is 14.7 Å². The van der Waals surface area contributed by atoms with Gasteiger partial charge in [0.15, 0.2) is 5.82 Å². The molecule has 1 aromatic heterocycles. The molecule has 0 aliphatic carbocycles. The van der Waals surface area contributed by atoms with Crippen molar-refractivity contribution in [3.05, 3.63) is 47.2 Å². The molecule has 1 fully saturated rings. The summed E-state index contributed by atoms with van der Waals surface area (Å²) >= 11 is 5.98. The molecule has 0 spiro atoms. The number of hydrogen-bond donors (Lipinski definition) is 1. The van der Waals surface area contributed by atoms with Crippen LogP contribution >= 0.6 is 11.6 Å². The number of benzene rings is 1. The van der Waals surface area contributed by atoms with E-state index in [9.17, 15) is 5.11 Å². The molecule has 1 aromatic carbocycles. The van der Waals surface area contributed by atoms with Gasteiger partial charge in [-0.15, -0.1) is 0 Å². The minimum Gasteiger partial charge on any atom is -0.472 e. The number of nitrogens with zero attached hydrogens (tertiary/aromatic N) is 3. The molecule has 1 saturated heterocycles. The van der Waals surface area contributed by atoms with Crippen LogP contribution in [0, 0.1) is 5.92 Å². The summed E-state index contributed by atoms with van der Waals surface area (Å²) < 4.78 is 5.74. The molecule has 24 heavy (non-hydrogen) atoms. The summed E-state index contributed by atoms with van der Waals surface area (Å²) in [6, 6.07) is 7.56. The van der Waals surface area contributed by atoms with Gasteiger partial charge in [-0.25, -0.2) is 0 Å². The molecule has 0 amide bonds. The van der Waals surface area contributed by atoms with Crippen molar-refractivity contribution in [1.29, 1.82) is 0 Å². The fourth-order valence-corrected chi connectivity index (χ4v) is 3.17. The number of aromatic nitrogens is 2. The van der Waals surface area contributed by atoms with E-state index in [0.717, 1.165) is 37.3 Å². The molecule has 2 heterocycles. The van der Waals surface area contributed by atoms with Crippen molar-refractivity contribution in [2.75, 3.05) is 18.0 Å². The maximum atomic E-state index is 9.83. The van der Waals surface area contributed by atoms with E-state index in [4.69, 9.17) is 16.3 Å². The molecule has 2 unspecified atom stereocenters. The maximum Gasteiger partial charge on any atom is 0.234 e. The fourth-order valence-electron chi connectivity index (χ4n) is 2.96. The van der Waals surface area contributed by atoms with Crippen molar-refractivity contribution in [2.24, 2.45) is 5.92 Å². The molecule has 0 bridgehead atoms. The zero-order valence-electron chi connectivity index (χ0n) is 13.7. The molecule has 0 saturated carbocycles. The third-order valence-corrected chi connectivity index (χ3v) is 4.57. The van der Waals surface area contributed by atoms with Gasteiger partial charge in [-0.2, -0.15) is 4.98 Å². The lowest BCUT2D eigenvalue weighted by atomic mass is 9.93. The lowest BCUT2D eigenvalue weighted by Crippen LogP contribution is -2.40. The predicted octanol–water partition coefficient (Wildman–Crippen LogP) is 3.31. The Morgan fingerprint density at radius 2 is 2.29 bits per heavy atom. The number of aliphatic hydroxyl groups is 1. The van der Waals surface area contributed by atoms with Crippen LogP contribution in [0.5, 0.6) is 5.88 Å². The third-order valence-electron chi connectivity index (χ3n) is 4.34. The van der Waals surface area contributed by atoms with Gasteiger partial charge in [-0.05, 0) is 37.5 Å². The number of hydrogen-bond acceptors (Lipinski definition) is 5. The predicted molar refractivity (Wildman–Crippen MR) is 94.4 cm³/mol. The van der Waals surface area contributed by atoms with Crippen molar-refractivity contribution >= 4 is 17.4 Å². The quantitative estimate of drug-likeness (QED) is 0.899. The summed E-state index contributed by atoms with van der Waals surface area (Å²) in [5, 5.41) is 10.5. The molecule has 1 aliphatic heterocycles. The Morgan fingerprint density at radius 3 is 3.08 bits per heavy atom. The highest BCUT2D eigenvalue weighted by molar-refractivity contribution is 6.30. The molecule has 128 valence electrons. The second-order valence-electron chi connectivity index (χ2n) is 6.22.